The first-order chi connectivity index (χ1) is 32.4. The molecule has 3 aromatic carbocycles. The van der Waals surface area contributed by atoms with Crippen molar-refractivity contribution in [2.24, 2.45) is 11.5 Å². The van der Waals surface area contributed by atoms with E-state index in [0.29, 0.717) is 23.1 Å². The molecule has 2 heterocycles. The van der Waals surface area contributed by atoms with E-state index in [-0.39, 0.29) is 43.7 Å². The number of rotatable bonds is 22. The number of nitrogens with one attached hydrogen (secondary N) is 5. The van der Waals surface area contributed by atoms with Crippen molar-refractivity contribution in [2.75, 3.05) is 32.8 Å². The summed E-state index contributed by atoms with van der Waals surface area (Å²) in [6.07, 6.45) is -8.02. The van der Waals surface area contributed by atoms with Crippen LogP contribution in [-0.2, 0) is 62.3 Å². The zero-order chi connectivity index (χ0) is 49.5. The fraction of sp³-hybridized carbons (Fsp3) is 0.444. The predicted molar refractivity (Wildman–Crippen MR) is 237 cm³/mol. The first kappa shape index (κ1) is 52.2. The number of benzene rings is 3. The predicted octanol–water partition coefficient (Wildman–Crippen LogP) is -4.57. The van der Waals surface area contributed by atoms with Crippen LogP contribution in [0, 0.1) is 0 Å². The topological polar surface area (TPSA) is 375 Å². The van der Waals surface area contributed by atoms with Crippen molar-refractivity contribution in [3.8, 4) is 11.5 Å². The molecule has 15 N–H and O–H groups in total. The van der Waals surface area contributed by atoms with Crippen LogP contribution in [0.25, 0.3) is 0 Å². The summed E-state index contributed by atoms with van der Waals surface area (Å²) in [7, 11) is 0. The minimum absolute atomic E-state index is 0.0277. The number of carbonyl (C=O) groups is 7. The third kappa shape index (κ3) is 14.9. The lowest BCUT2D eigenvalue weighted by Crippen LogP contribution is -2.61. The molecule has 5 rings (SSSR count). The minimum Gasteiger partial charge on any atom is -0.508 e. The lowest BCUT2D eigenvalue weighted by molar-refractivity contribution is -0.301. The molecule has 368 valence electrons. The summed E-state index contributed by atoms with van der Waals surface area (Å²) in [5.41, 5.74) is 13.2. The number of nitrogens with two attached hydrogens (primary N) is 2. The van der Waals surface area contributed by atoms with Gasteiger partial charge < -0.3 is 83.1 Å². The van der Waals surface area contributed by atoms with E-state index in [1.54, 1.807) is 42.5 Å². The van der Waals surface area contributed by atoms with Gasteiger partial charge in [0.2, 0.25) is 41.4 Å². The van der Waals surface area contributed by atoms with Crippen molar-refractivity contribution in [2.45, 2.75) is 93.0 Å². The maximum atomic E-state index is 14.4. The second-order valence-electron chi connectivity index (χ2n) is 16.4. The normalized spacial score (nSPS) is 21.9. The number of ether oxygens (including phenoxy) is 2. The summed E-state index contributed by atoms with van der Waals surface area (Å²) in [4.78, 5) is 94.7. The van der Waals surface area contributed by atoms with Crippen molar-refractivity contribution in [3.05, 3.63) is 95.6 Å². The van der Waals surface area contributed by atoms with Gasteiger partial charge in [0.05, 0.1) is 32.3 Å². The Kier molecular flexibility index (Phi) is 19.1. The highest BCUT2D eigenvalue weighted by Gasteiger charge is 2.45. The smallest absolute Gasteiger partial charge is 0.246 e. The summed E-state index contributed by atoms with van der Waals surface area (Å²) in [5.74, 6) is -5.72. The minimum atomic E-state index is -1.85. The Morgan fingerprint density at radius 3 is 1.88 bits per heavy atom. The van der Waals surface area contributed by atoms with Gasteiger partial charge in [-0.2, -0.15) is 0 Å². The highest BCUT2D eigenvalue weighted by molar-refractivity contribution is 5.96. The molecule has 2 saturated heterocycles. The number of phenolic OH excluding ortho intramolecular Hbond substituents is 2. The molecule has 68 heavy (non-hydrogen) atoms. The summed E-state index contributed by atoms with van der Waals surface area (Å²) in [6.45, 7) is -2.78. The molecule has 2 aliphatic heterocycles. The van der Waals surface area contributed by atoms with E-state index in [0.717, 1.165) is 0 Å². The summed E-state index contributed by atoms with van der Waals surface area (Å²) < 4.78 is 10.8. The zero-order valence-electron chi connectivity index (χ0n) is 36.8. The Morgan fingerprint density at radius 2 is 1.26 bits per heavy atom. The van der Waals surface area contributed by atoms with E-state index < -0.39 is 129 Å². The number of amides is 7. The number of hydrogen-bond donors (Lipinski definition) is 13. The van der Waals surface area contributed by atoms with Crippen LogP contribution in [0.15, 0.2) is 78.9 Å². The van der Waals surface area contributed by atoms with Crippen LogP contribution >= 0.6 is 0 Å². The maximum absolute atomic E-state index is 14.4. The van der Waals surface area contributed by atoms with Crippen molar-refractivity contribution in [3.63, 3.8) is 0 Å². The van der Waals surface area contributed by atoms with Gasteiger partial charge in [0, 0.05) is 19.4 Å². The molecule has 0 spiro atoms. The van der Waals surface area contributed by atoms with Gasteiger partial charge in [-0.1, -0.05) is 54.6 Å². The number of hydrogen-bond acceptors (Lipinski definition) is 16. The fourth-order valence-electron chi connectivity index (χ4n) is 7.57. The molecular weight excluding hydrogens is 893 g/mol. The molecule has 0 bridgehead atoms. The average molecular weight is 951 g/mol. The average Bonchev–Trinajstić information content (AvgIpc) is 3.82. The molecule has 0 radical (unpaired) electrons. The quantitative estimate of drug-likeness (QED) is 0.0451. The van der Waals surface area contributed by atoms with E-state index in [4.69, 9.17) is 20.9 Å². The molecule has 0 unspecified atom stereocenters. The number of carbonyl (C=O) groups excluding carboxylic acids is 7. The van der Waals surface area contributed by atoms with Crippen LogP contribution < -0.4 is 38.1 Å². The second kappa shape index (κ2) is 24.9. The van der Waals surface area contributed by atoms with Gasteiger partial charge in [0.1, 0.15) is 60.1 Å². The van der Waals surface area contributed by atoms with Gasteiger partial charge >= 0.3 is 0 Å². The highest BCUT2D eigenvalue weighted by atomic mass is 16.7. The standard InChI is InChI=1S/C45H58N8O15/c46-29(17-25-8-12-27(55)13-9-25)40(62)51-30(18-24-5-2-1-3-6-24)41(63)49-21-36(58)50-31(19-26-10-14-28(56)15-11-26)44(66)53-16-4-7-33(53)43(65)52-32(42(64)48-20-35(47)57)23-67-45-39(61)38(60)37(59)34(22-54)68-45/h1-3,5-6,8-15,29-34,37-39,45,54-56,59-61H,4,7,16-23,46H2,(H2,47,57)(H,48,64)(H,49,63)(H,50,58)(H,51,62)(H,52,65)/t29-,30-,31-,32-,33-,34+,37+,38-,39+,45+/m0/s1. The Bertz CT molecular complexity index is 2200. The van der Waals surface area contributed by atoms with E-state index in [2.05, 4.69) is 26.6 Å². The highest BCUT2D eigenvalue weighted by Crippen LogP contribution is 2.24. The van der Waals surface area contributed by atoms with Crippen molar-refractivity contribution in [1.82, 2.24) is 31.5 Å². The monoisotopic (exact) mass is 950 g/mol. The van der Waals surface area contributed by atoms with Gasteiger partial charge in [0.15, 0.2) is 6.29 Å². The van der Waals surface area contributed by atoms with Gasteiger partial charge in [-0.3, -0.25) is 33.6 Å². The second-order valence-corrected chi connectivity index (χ2v) is 16.4. The van der Waals surface area contributed by atoms with E-state index in [9.17, 15) is 64.2 Å². The third-order valence-corrected chi connectivity index (χ3v) is 11.3. The molecule has 2 fully saturated rings. The number of nitrogens with zero attached hydrogens (tertiary/aromatic N) is 1. The lowest BCUT2D eigenvalue weighted by Gasteiger charge is -2.40. The Morgan fingerprint density at radius 1 is 0.691 bits per heavy atom. The van der Waals surface area contributed by atoms with E-state index in [1.165, 1.54) is 41.3 Å². The van der Waals surface area contributed by atoms with Crippen molar-refractivity contribution >= 4 is 41.4 Å². The molecule has 0 aliphatic carbocycles. The van der Waals surface area contributed by atoms with Crippen LogP contribution in [0.1, 0.15) is 29.5 Å². The number of primary amides is 1. The first-order valence-corrected chi connectivity index (χ1v) is 21.8. The first-order valence-electron chi connectivity index (χ1n) is 21.8. The summed E-state index contributed by atoms with van der Waals surface area (Å²) >= 11 is 0. The van der Waals surface area contributed by atoms with Gasteiger partial charge in [-0.05, 0) is 60.2 Å². The molecule has 0 saturated carbocycles. The number of phenols is 2. The molecule has 7 amide bonds. The van der Waals surface area contributed by atoms with Crippen molar-refractivity contribution in [1.29, 1.82) is 0 Å². The SMILES string of the molecule is NC(=O)CNC(=O)[C@H](CO[C@@H]1O[C@H](CO)[C@@H](O)[C@H](O)[C@H]1O)NC(=O)[C@@H]1CCCN1C(=O)[C@H](Cc1ccc(O)cc1)NC(=O)CNC(=O)[C@H](Cc1ccccc1)NC(=O)[C@@H](N)Cc1ccc(O)cc1. The largest absolute Gasteiger partial charge is 0.508 e. The van der Waals surface area contributed by atoms with Gasteiger partial charge in [-0.15, -0.1) is 0 Å². The van der Waals surface area contributed by atoms with E-state index >= 15 is 0 Å². The molecular formula is C45H58N8O15. The van der Waals surface area contributed by atoms with Gasteiger partial charge in [0.25, 0.3) is 0 Å². The third-order valence-electron chi connectivity index (χ3n) is 11.3. The molecule has 10 atom stereocenters. The Labute approximate surface area is 390 Å². The zero-order valence-corrected chi connectivity index (χ0v) is 36.8. The van der Waals surface area contributed by atoms with Crippen molar-refractivity contribution < 1.29 is 73.7 Å². The summed E-state index contributed by atoms with van der Waals surface area (Å²) in [5, 5.41) is 72.3. The number of likely N-dealkylation sites (tertiary alicyclic amines) is 1. The molecule has 2 aliphatic rings. The fourth-order valence-corrected chi connectivity index (χ4v) is 7.57. The van der Waals surface area contributed by atoms with Crippen LogP contribution in [0.2, 0.25) is 0 Å². The summed E-state index contributed by atoms with van der Waals surface area (Å²) in [6, 6.07) is 14.2. The van der Waals surface area contributed by atoms with Crippen LogP contribution in [0.5, 0.6) is 11.5 Å². The lowest BCUT2D eigenvalue weighted by atomic mass is 9.99. The van der Waals surface area contributed by atoms with Crippen LogP contribution in [0.3, 0.4) is 0 Å². The molecule has 3 aromatic rings. The number of aromatic hydroxyl groups is 2. The molecule has 0 aromatic heterocycles. The van der Waals surface area contributed by atoms with Crippen LogP contribution in [0.4, 0.5) is 0 Å². The number of aliphatic hydroxyl groups excluding tert-OH is 4. The Hall–Kier alpha value is -6.73. The molecule has 23 heteroatoms. The maximum Gasteiger partial charge on any atom is 0.246 e. The molecule has 23 nitrogen and oxygen atoms in total. The van der Waals surface area contributed by atoms with Crippen LogP contribution in [-0.4, -0.2) is 171 Å². The Balaban J connectivity index is 1.28. The van der Waals surface area contributed by atoms with Gasteiger partial charge in [-0.25, -0.2) is 0 Å². The number of aliphatic hydroxyl groups is 4. The van der Waals surface area contributed by atoms with E-state index in [1.807, 2.05) is 0 Å².